The number of hydrogen-bond donors (Lipinski definition) is 3. The number of fused-ring (bicyclic) bond motifs is 2. The Morgan fingerprint density at radius 3 is 2.44 bits per heavy atom. The van der Waals surface area contributed by atoms with Gasteiger partial charge in [0, 0.05) is 54.4 Å². The number of rotatable bonds is 8. The lowest BCUT2D eigenvalue weighted by Crippen LogP contribution is -2.44. The largest absolute Gasteiger partial charge is 0.389 e. The molecule has 2 heterocycles. The molecule has 2 aliphatic heterocycles. The molecule has 4 atom stereocenters. The Morgan fingerprint density at radius 2 is 1.76 bits per heavy atom. The van der Waals surface area contributed by atoms with Gasteiger partial charge in [-0.15, -0.1) is 0 Å². The quantitative estimate of drug-likeness (QED) is 0.245. The number of nitrogens with zero attached hydrogens (tertiary/aromatic N) is 2. The van der Waals surface area contributed by atoms with Gasteiger partial charge in [-0.1, -0.05) is 53.0 Å². The van der Waals surface area contributed by atoms with E-state index in [1.54, 1.807) is 24.0 Å². The van der Waals surface area contributed by atoms with Crippen LogP contribution in [0.4, 0.5) is 16.2 Å². The van der Waals surface area contributed by atoms with E-state index in [0.717, 1.165) is 40.6 Å². The number of nitrogens with one attached hydrogen (secondary N) is 2. The van der Waals surface area contributed by atoms with Crippen molar-refractivity contribution >= 4 is 52.2 Å². The standard InChI is InChI=1S/C32H35Cl3N4O2/c1-17(2)38-16-21-10-23(21)30(38)15-36-13-19-8-24(22-6-4-5-7-26(22)33)25-14-37-32(41)39(29(25)9-19)31-27(34)11-20(18(3)40)12-28(31)35/h4-9,11-12,17-18,21,23,30,36,40H,10,13-16H2,1-3H3,(H,37,41). The van der Waals surface area contributed by atoms with E-state index in [1.165, 1.54) is 13.0 Å². The highest BCUT2D eigenvalue weighted by molar-refractivity contribution is 6.40. The lowest BCUT2D eigenvalue weighted by molar-refractivity contribution is 0.171. The van der Waals surface area contributed by atoms with Gasteiger partial charge in [0.1, 0.15) is 0 Å². The lowest BCUT2D eigenvalue weighted by atomic mass is 9.93. The van der Waals surface area contributed by atoms with Crippen molar-refractivity contribution < 1.29 is 9.90 Å². The maximum atomic E-state index is 13.4. The highest BCUT2D eigenvalue weighted by Gasteiger charge is 2.52. The predicted octanol–water partition coefficient (Wildman–Crippen LogP) is 7.55. The van der Waals surface area contributed by atoms with Gasteiger partial charge in [-0.25, -0.2) is 4.79 Å². The Balaban J connectivity index is 1.40. The van der Waals surface area contributed by atoms with Crippen LogP contribution in [0.5, 0.6) is 0 Å². The molecule has 1 aliphatic carbocycles. The minimum absolute atomic E-state index is 0.285. The number of urea groups is 1. The first-order valence-electron chi connectivity index (χ1n) is 14.3. The fourth-order valence-corrected chi connectivity index (χ4v) is 7.48. The molecule has 6 nitrogen and oxygen atoms in total. The molecule has 4 unspecified atom stereocenters. The summed E-state index contributed by atoms with van der Waals surface area (Å²) < 4.78 is 0. The molecule has 216 valence electrons. The molecule has 0 spiro atoms. The zero-order valence-corrected chi connectivity index (χ0v) is 25.7. The van der Waals surface area contributed by atoms with E-state index in [4.69, 9.17) is 34.8 Å². The van der Waals surface area contributed by atoms with Gasteiger partial charge in [0.15, 0.2) is 0 Å². The van der Waals surface area contributed by atoms with Gasteiger partial charge in [-0.3, -0.25) is 9.80 Å². The maximum absolute atomic E-state index is 13.4. The van der Waals surface area contributed by atoms with Crippen LogP contribution in [0.2, 0.25) is 15.1 Å². The summed E-state index contributed by atoms with van der Waals surface area (Å²) in [5, 5.41) is 18.0. The van der Waals surface area contributed by atoms with Crippen LogP contribution in [-0.2, 0) is 13.1 Å². The number of benzene rings is 3. The van der Waals surface area contributed by atoms with Crippen molar-refractivity contribution in [2.24, 2.45) is 11.8 Å². The fraction of sp³-hybridized carbons (Fsp3) is 0.406. The molecule has 3 aromatic rings. The Labute approximate surface area is 256 Å². The molecule has 0 radical (unpaired) electrons. The SMILES string of the molecule is CC(O)c1cc(Cl)c(N2C(=O)NCc3c(-c4ccccc4Cl)cc(CNCC4C5CC5CN4C(C)C)cc32)c(Cl)c1. The normalized spacial score (nSPS) is 22.5. The summed E-state index contributed by atoms with van der Waals surface area (Å²) in [5.74, 6) is 1.64. The molecule has 3 N–H and O–H groups in total. The second-order valence-electron chi connectivity index (χ2n) is 11.8. The summed E-state index contributed by atoms with van der Waals surface area (Å²) in [7, 11) is 0. The number of halogens is 3. The Morgan fingerprint density at radius 1 is 1.02 bits per heavy atom. The van der Waals surface area contributed by atoms with E-state index >= 15 is 0 Å². The van der Waals surface area contributed by atoms with E-state index in [0.29, 0.717) is 47.1 Å². The number of likely N-dealkylation sites (tertiary alicyclic amines) is 1. The first-order valence-corrected chi connectivity index (χ1v) is 15.4. The Hall–Kier alpha value is -2.32. The molecule has 0 bridgehead atoms. The number of carbonyl (C=O) groups is 1. The summed E-state index contributed by atoms with van der Waals surface area (Å²) in [6, 6.07) is 16.0. The number of anilines is 2. The van der Waals surface area contributed by atoms with Crippen molar-refractivity contribution in [1.29, 1.82) is 0 Å². The smallest absolute Gasteiger partial charge is 0.326 e. The van der Waals surface area contributed by atoms with Crippen LogP contribution in [0.15, 0.2) is 48.5 Å². The van der Waals surface area contributed by atoms with Crippen molar-refractivity contribution in [3.8, 4) is 11.1 Å². The van der Waals surface area contributed by atoms with E-state index in [1.807, 2.05) is 30.3 Å². The molecule has 2 fully saturated rings. The summed E-state index contributed by atoms with van der Waals surface area (Å²) >= 11 is 20.1. The van der Waals surface area contributed by atoms with Gasteiger partial charge in [-0.05, 0) is 86.1 Å². The second-order valence-corrected chi connectivity index (χ2v) is 13.0. The van der Waals surface area contributed by atoms with Crippen molar-refractivity contribution in [2.45, 2.75) is 58.5 Å². The average molecular weight is 614 g/mol. The zero-order chi connectivity index (χ0) is 29.0. The predicted molar refractivity (Wildman–Crippen MR) is 167 cm³/mol. The zero-order valence-electron chi connectivity index (χ0n) is 23.4. The summed E-state index contributed by atoms with van der Waals surface area (Å²) in [6.07, 6.45) is 0.591. The number of amides is 2. The number of aliphatic hydroxyl groups excluding tert-OH is 1. The highest BCUT2D eigenvalue weighted by Crippen LogP contribution is 2.50. The number of piperidine rings is 1. The summed E-state index contributed by atoms with van der Waals surface area (Å²) in [6.45, 7) is 9.30. The third-order valence-corrected chi connectivity index (χ3v) is 9.65. The van der Waals surface area contributed by atoms with Crippen LogP contribution >= 0.6 is 34.8 Å². The van der Waals surface area contributed by atoms with Crippen molar-refractivity contribution in [3.63, 3.8) is 0 Å². The van der Waals surface area contributed by atoms with Crippen LogP contribution < -0.4 is 15.5 Å². The second kappa shape index (κ2) is 11.4. The molecule has 9 heteroatoms. The molecule has 0 aromatic heterocycles. The van der Waals surface area contributed by atoms with Gasteiger partial charge < -0.3 is 15.7 Å². The van der Waals surface area contributed by atoms with Crippen molar-refractivity contribution in [2.75, 3.05) is 18.0 Å². The third-order valence-electron chi connectivity index (χ3n) is 8.74. The monoisotopic (exact) mass is 612 g/mol. The van der Waals surface area contributed by atoms with Crippen molar-refractivity contribution in [3.05, 3.63) is 80.3 Å². The van der Waals surface area contributed by atoms with Crippen LogP contribution in [0.1, 0.15) is 50.0 Å². The van der Waals surface area contributed by atoms with Crippen LogP contribution in [0.3, 0.4) is 0 Å². The van der Waals surface area contributed by atoms with Gasteiger partial charge in [0.2, 0.25) is 0 Å². The molecule has 1 saturated carbocycles. The van der Waals surface area contributed by atoms with Crippen LogP contribution in [-0.4, -0.2) is 41.2 Å². The minimum atomic E-state index is -0.747. The lowest BCUT2D eigenvalue weighted by Gasteiger charge is -2.34. The summed E-state index contributed by atoms with van der Waals surface area (Å²) in [4.78, 5) is 17.6. The van der Waals surface area contributed by atoms with Gasteiger partial charge >= 0.3 is 6.03 Å². The van der Waals surface area contributed by atoms with Crippen LogP contribution in [0, 0.1) is 11.8 Å². The molecule has 1 saturated heterocycles. The fourth-order valence-electron chi connectivity index (χ4n) is 6.57. The third kappa shape index (κ3) is 5.47. The van der Waals surface area contributed by atoms with E-state index in [2.05, 4.69) is 35.4 Å². The number of aliphatic hydroxyl groups is 1. The minimum Gasteiger partial charge on any atom is -0.389 e. The highest BCUT2D eigenvalue weighted by atomic mass is 35.5. The topological polar surface area (TPSA) is 67.8 Å². The summed E-state index contributed by atoms with van der Waals surface area (Å²) in [5.41, 5.74) is 5.48. The first kappa shape index (κ1) is 28.8. The average Bonchev–Trinajstić information content (AvgIpc) is 3.61. The van der Waals surface area contributed by atoms with Gasteiger partial charge in [-0.2, -0.15) is 0 Å². The molecular weight excluding hydrogens is 579 g/mol. The Bertz CT molecular complexity index is 1470. The molecule has 6 rings (SSSR count). The molecule has 3 aliphatic rings. The van der Waals surface area contributed by atoms with Gasteiger partial charge in [0.25, 0.3) is 0 Å². The van der Waals surface area contributed by atoms with E-state index in [9.17, 15) is 9.90 Å². The molecule has 2 amide bonds. The van der Waals surface area contributed by atoms with E-state index < -0.39 is 6.10 Å². The first-order chi connectivity index (χ1) is 19.6. The number of hydrogen-bond acceptors (Lipinski definition) is 4. The molecular formula is C32H35Cl3N4O2. The number of carbonyl (C=O) groups excluding carboxylic acids is 1. The molecule has 41 heavy (non-hydrogen) atoms. The maximum Gasteiger partial charge on any atom is 0.326 e. The van der Waals surface area contributed by atoms with E-state index in [-0.39, 0.29) is 16.1 Å². The molecule has 3 aromatic carbocycles. The Kier molecular flexibility index (Phi) is 8.00. The van der Waals surface area contributed by atoms with Crippen LogP contribution in [0.25, 0.3) is 11.1 Å². The van der Waals surface area contributed by atoms with Gasteiger partial charge in [0.05, 0.1) is 27.5 Å². The van der Waals surface area contributed by atoms with Crippen molar-refractivity contribution in [1.82, 2.24) is 15.5 Å².